The van der Waals surface area contributed by atoms with Gasteiger partial charge in [0.05, 0.1) is 19.6 Å². The Morgan fingerprint density at radius 1 is 1.20 bits per heavy atom. The highest BCUT2D eigenvalue weighted by atomic mass is 19.4. The Hall–Kier alpha value is -1.34. The number of rotatable bonds is 8. The van der Waals surface area contributed by atoms with Crippen LogP contribution in [0.1, 0.15) is 12.0 Å². The van der Waals surface area contributed by atoms with Gasteiger partial charge in [0.2, 0.25) is 0 Å². The van der Waals surface area contributed by atoms with E-state index in [-0.39, 0.29) is 5.75 Å². The van der Waals surface area contributed by atoms with Gasteiger partial charge in [-0.3, -0.25) is 0 Å². The molecule has 114 valence electrons. The third kappa shape index (κ3) is 6.72. The summed E-state index contributed by atoms with van der Waals surface area (Å²) in [6.45, 7) is 0.845. The van der Waals surface area contributed by atoms with Crippen molar-refractivity contribution in [1.29, 1.82) is 0 Å². The fraction of sp³-hybridized carbons (Fsp3) is 0.538. The zero-order chi connectivity index (χ0) is 15.0. The first kappa shape index (κ1) is 16.7. The van der Waals surface area contributed by atoms with Crippen molar-refractivity contribution in [2.45, 2.75) is 19.1 Å². The Balaban J connectivity index is 2.55. The van der Waals surface area contributed by atoms with E-state index in [1.807, 2.05) is 0 Å². The highest BCUT2D eigenvalue weighted by molar-refractivity contribution is 5.33. The minimum Gasteiger partial charge on any atom is -0.493 e. The molecule has 0 fully saturated rings. The molecule has 1 aromatic carbocycles. The maximum atomic E-state index is 13.1. The lowest BCUT2D eigenvalue weighted by molar-refractivity contribution is -0.139. The summed E-state index contributed by atoms with van der Waals surface area (Å²) in [4.78, 5) is 0. The third-order valence-electron chi connectivity index (χ3n) is 2.46. The molecule has 0 saturated heterocycles. The van der Waals surface area contributed by atoms with E-state index in [0.717, 1.165) is 6.07 Å². The predicted molar refractivity (Wildman–Crippen MR) is 66.1 cm³/mol. The number of alkyl halides is 3. The number of halogens is 4. The van der Waals surface area contributed by atoms with Crippen molar-refractivity contribution >= 4 is 0 Å². The molecule has 0 heterocycles. The zero-order valence-corrected chi connectivity index (χ0v) is 11.1. The van der Waals surface area contributed by atoms with Gasteiger partial charge in [0.15, 0.2) is 0 Å². The molecule has 1 rings (SSSR count). The first-order chi connectivity index (χ1) is 9.42. The van der Waals surface area contributed by atoms with E-state index in [2.05, 4.69) is 5.32 Å². The number of nitrogens with one attached hydrogen (secondary N) is 1. The van der Waals surface area contributed by atoms with Gasteiger partial charge >= 0.3 is 6.18 Å². The molecule has 7 heteroatoms. The van der Waals surface area contributed by atoms with Crippen LogP contribution in [0.25, 0.3) is 0 Å². The number of hydrogen-bond donors (Lipinski definition) is 1. The van der Waals surface area contributed by atoms with Crippen LogP contribution in [0.15, 0.2) is 18.2 Å². The van der Waals surface area contributed by atoms with Crippen LogP contribution < -0.4 is 10.1 Å². The normalized spacial score (nSPS) is 11.7. The maximum Gasteiger partial charge on any atom is 0.392 e. The summed E-state index contributed by atoms with van der Waals surface area (Å²) in [5.41, 5.74) is 0.475. The van der Waals surface area contributed by atoms with E-state index in [1.165, 1.54) is 12.1 Å². The molecular weight excluding hydrogens is 278 g/mol. The van der Waals surface area contributed by atoms with Crippen molar-refractivity contribution in [1.82, 2.24) is 5.32 Å². The monoisotopic (exact) mass is 295 g/mol. The number of benzene rings is 1. The fourth-order valence-corrected chi connectivity index (χ4v) is 1.50. The molecule has 0 saturated carbocycles. The molecule has 0 spiro atoms. The number of methoxy groups -OCH3 is 1. The lowest BCUT2D eigenvalue weighted by Crippen LogP contribution is -2.19. The van der Waals surface area contributed by atoms with Crippen molar-refractivity contribution in [2.24, 2.45) is 0 Å². The van der Waals surface area contributed by atoms with E-state index in [4.69, 9.17) is 9.47 Å². The summed E-state index contributed by atoms with van der Waals surface area (Å²) in [7, 11) is 1.55. The Kier molecular flexibility index (Phi) is 6.74. The predicted octanol–water partition coefficient (Wildman–Crippen LogP) is 2.89. The average Bonchev–Trinajstić information content (AvgIpc) is 2.35. The van der Waals surface area contributed by atoms with E-state index < -0.39 is 25.0 Å². The van der Waals surface area contributed by atoms with Gasteiger partial charge in [0.1, 0.15) is 11.6 Å². The van der Waals surface area contributed by atoms with E-state index in [1.54, 1.807) is 7.11 Å². The Morgan fingerprint density at radius 3 is 2.60 bits per heavy atom. The van der Waals surface area contributed by atoms with Crippen LogP contribution in [0.4, 0.5) is 17.6 Å². The van der Waals surface area contributed by atoms with Crippen molar-refractivity contribution < 1.29 is 27.0 Å². The quantitative estimate of drug-likeness (QED) is 0.591. The van der Waals surface area contributed by atoms with Crippen molar-refractivity contribution in [3.63, 3.8) is 0 Å². The van der Waals surface area contributed by atoms with Crippen LogP contribution in [-0.2, 0) is 11.3 Å². The Labute approximate surface area is 114 Å². The third-order valence-corrected chi connectivity index (χ3v) is 2.46. The summed E-state index contributed by atoms with van der Waals surface area (Å²) in [6, 6.07) is 3.73. The minimum absolute atomic E-state index is 0.251. The summed E-state index contributed by atoms with van der Waals surface area (Å²) < 4.78 is 59.2. The molecule has 3 nitrogen and oxygen atoms in total. The SMILES string of the molecule is COCCNCc1cc(F)ccc1OCCC(F)(F)F. The van der Waals surface area contributed by atoms with Gasteiger partial charge in [-0.2, -0.15) is 13.2 Å². The fourth-order valence-electron chi connectivity index (χ4n) is 1.50. The zero-order valence-electron chi connectivity index (χ0n) is 11.1. The molecular formula is C13H17F4NO2. The first-order valence-corrected chi connectivity index (χ1v) is 6.10. The van der Waals surface area contributed by atoms with Gasteiger partial charge < -0.3 is 14.8 Å². The van der Waals surface area contributed by atoms with Gasteiger partial charge in [-0.25, -0.2) is 4.39 Å². The van der Waals surface area contributed by atoms with E-state index >= 15 is 0 Å². The molecule has 0 aromatic heterocycles. The Morgan fingerprint density at radius 2 is 1.95 bits per heavy atom. The molecule has 20 heavy (non-hydrogen) atoms. The second kappa shape index (κ2) is 8.06. The molecule has 0 aliphatic carbocycles. The summed E-state index contributed by atoms with van der Waals surface area (Å²) in [5, 5.41) is 2.98. The molecule has 0 atom stereocenters. The van der Waals surface area contributed by atoms with Crippen LogP contribution in [0.5, 0.6) is 5.75 Å². The van der Waals surface area contributed by atoms with Crippen molar-refractivity contribution in [3.05, 3.63) is 29.6 Å². The van der Waals surface area contributed by atoms with Gasteiger partial charge in [0, 0.05) is 25.8 Å². The standard InChI is InChI=1S/C13H17F4NO2/c1-19-7-5-18-9-10-8-11(14)2-3-12(10)20-6-4-13(15,16)17/h2-3,8,18H,4-7,9H2,1H3. The van der Waals surface area contributed by atoms with Gasteiger partial charge in [-0.15, -0.1) is 0 Å². The summed E-state index contributed by atoms with van der Waals surface area (Å²) in [6.07, 6.45) is -5.31. The molecule has 0 bridgehead atoms. The van der Waals surface area contributed by atoms with Gasteiger partial charge in [-0.05, 0) is 18.2 Å². The smallest absolute Gasteiger partial charge is 0.392 e. The van der Waals surface area contributed by atoms with E-state index in [9.17, 15) is 17.6 Å². The largest absolute Gasteiger partial charge is 0.493 e. The van der Waals surface area contributed by atoms with Crippen LogP contribution in [0.2, 0.25) is 0 Å². The molecule has 0 unspecified atom stereocenters. The number of ether oxygens (including phenoxy) is 2. The Bertz CT molecular complexity index is 410. The lowest BCUT2D eigenvalue weighted by Gasteiger charge is -2.13. The van der Waals surface area contributed by atoms with Crippen molar-refractivity contribution in [3.8, 4) is 5.75 Å². The van der Waals surface area contributed by atoms with Gasteiger partial charge in [0.25, 0.3) is 0 Å². The maximum absolute atomic E-state index is 13.1. The second-order valence-corrected chi connectivity index (χ2v) is 4.14. The van der Waals surface area contributed by atoms with Crippen LogP contribution in [0, 0.1) is 5.82 Å². The van der Waals surface area contributed by atoms with Crippen molar-refractivity contribution in [2.75, 3.05) is 26.9 Å². The summed E-state index contributed by atoms with van der Waals surface area (Å²) >= 11 is 0. The molecule has 0 aliphatic heterocycles. The second-order valence-electron chi connectivity index (χ2n) is 4.14. The first-order valence-electron chi connectivity index (χ1n) is 6.10. The van der Waals surface area contributed by atoms with Gasteiger partial charge in [-0.1, -0.05) is 0 Å². The highest BCUT2D eigenvalue weighted by Crippen LogP contribution is 2.23. The molecule has 1 aromatic rings. The van der Waals surface area contributed by atoms with E-state index in [0.29, 0.717) is 25.3 Å². The topological polar surface area (TPSA) is 30.5 Å². The highest BCUT2D eigenvalue weighted by Gasteiger charge is 2.27. The average molecular weight is 295 g/mol. The van der Waals surface area contributed by atoms with Crippen LogP contribution in [0.3, 0.4) is 0 Å². The minimum atomic E-state index is -4.27. The molecule has 1 N–H and O–H groups in total. The summed E-state index contributed by atoms with van der Waals surface area (Å²) in [5.74, 6) is -0.211. The van der Waals surface area contributed by atoms with Crippen LogP contribution >= 0.6 is 0 Å². The molecule has 0 radical (unpaired) electrons. The molecule has 0 aliphatic rings. The molecule has 0 amide bonds. The number of hydrogen-bond acceptors (Lipinski definition) is 3. The lowest BCUT2D eigenvalue weighted by atomic mass is 10.2. The van der Waals surface area contributed by atoms with Crippen LogP contribution in [-0.4, -0.2) is 33.0 Å².